The molecule has 0 aliphatic carbocycles. The number of imidazole rings is 1. The fraction of sp³-hybridized carbons (Fsp3) is 0.250. The van der Waals surface area contributed by atoms with Crippen molar-refractivity contribution in [3.05, 3.63) is 46.7 Å². The van der Waals surface area contributed by atoms with Crippen LogP contribution in [0.5, 0.6) is 0 Å². The molecule has 0 atom stereocenters. The number of aryl methyl sites for hydroxylation is 2. The Balaban J connectivity index is 1.73. The van der Waals surface area contributed by atoms with Gasteiger partial charge in [-0.2, -0.15) is 11.3 Å². The van der Waals surface area contributed by atoms with Gasteiger partial charge in [0.15, 0.2) is 0 Å². The van der Waals surface area contributed by atoms with Gasteiger partial charge in [-0.05, 0) is 47.9 Å². The molecular weight excluding hydrogens is 282 g/mol. The summed E-state index contributed by atoms with van der Waals surface area (Å²) < 4.78 is 2.03. The summed E-state index contributed by atoms with van der Waals surface area (Å²) in [5.74, 6) is 0.639. The lowest BCUT2D eigenvalue weighted by molar-refractivity contribution is -0.116. The minimum atomic E-state index is 0.00575. The van der Waals surface area contributed by atoms with Gasteiger partial charge in [0, 0.05) is 13.0 Å². The maximum absolute atomic E-state index is 12.1. The second-order valence-electron chi connectivity index (χ2n) is 4.85. The number of aromatic nitrogens is 2. The van der Waals surface area contributed by atoms with E-state index in [4.69, 9.17) is 0 Å². The standard InChI is InChI=1S/C16H17N3OS/c1-2-19-14-6-4-3-5-13(14)17-16(19)18-15(20)8-7-12-9-10-21-11-12/h3-6,9-11H,2,7-8H2,1H3,(H,17,18,20). The van der Waals surface area contributed by atoms with Gasteiger partial charge in [-0.1, -0.05) is 12.1 Å². The molecule has 0 unspecified atom stereocenters. The Bertz CT molecular complexity index is 746. The molecule has 0 fully saturated rings. The van der Waals surface area contributed by atoms with Crippen molar-refractivity contribution in [3.63, 3.8) is 0 Å². The van der Waals surface area contributed by atoms with Crippen LogP contribution < -0.4 is 5.32 Å². The maximum atomic E-state index is 12.1. The second-order valence-corrected chi connectivity index (χ2v) is 5.63. The van der Waals surface area contributed by atoms with E-state index in [2.05, 4.69) is 28.7 Å². The zero-order chi connectivity index (χ0) is 14.7. The summed E-state index contributed by atoms with van der Waals surface area (Å²) in [6.07, 6.45) is 1.24. The van der Waals surface area contributed by atoms with Gasteiger partial charge in [-0.3, -0.25) is 10.1 Å². The Morgan fingerprint density at radius 1 is 1.33 bits per heavy atom. The molecule has 2 heterocycles. The zero-order valence-corrected chi connectivity index (χ0v) is 12.7. The Morgan fingerprint density at radius 3 is 2.95 bits per heavy atom. The summed E-state index contributed by atoms with van der Waals surface area (Å²) in [5.41, 5.74) is 3.17. The summed E-state index contributed by atoms with van der Waals surface area (Å²) >= 11 is 1.66. The number of amides is 1. The van der Waals surface area contributed by atoms with Gasteiger partial charge in [0.25, 0.3) is 0 Å². The summed E-state index contributed by atoms with van der Waals surface area (Å²) in [6, 6.07) is 9.98. The highest BCUT2D eigenvalue weighted by Crippen LogP contribution is 2.19. The van der Waals surface area contributed by atoms with Crippen molar-refractivity contribution in [2.24, 2.45) is 0 Å². The van der Waals surface area contributed by atoms with Crippen LogP contribution in [-0.4, -0.2) is 15.5 Å². The molecule has 1 aromatic carbocycles. The van der Waals surface area contributed by atoms with Crippen LogP contribution in [0, 0.1) is 0 Å². The number of anilines is 1. The van der Waals surface area contributed by atoms with Gasteiger partial charge in [0.2, 0.25) is 11.9 Å². The third kappa shape index (κ3) is 2.97. The van der Waals surface area contributed by atoms with Crippen LogP contribution in [0.3, 0.4) is 0 Å². The quantitative estimate of drug-likeness (QED) is 0.781. The average Bonchev–Trinajstić information content (AvgIpc) is 3.12. The molecule has 3 aromatic rings. The molecule has 4 nitrogen and oxygen atoms in total. The van der Waals surface area contributed by atoms with Crippen molar-refractivity contribution in [2.45, 2.75) is 26.3 Å². The molecule has 21 heavy (non-hydrogen) atoms. The van der Waals surface area contributed by atoms with Crippen LogP contribution in [0.25, 0.3) is 11.0 Å². The molecule has 108 valence electrons. The molecule has 0 radical (unpaired) electrons. The molecule has 0 saturated heterocycles. The van der Waals surface area contributed by atoms with Gasteiger partial charge in [-0.15, -0.1) is 0 Å². The number of para-hydroxylation sites is 2. The van der Waals surface area contributed by atoms with Crippen molar-refractivity contribution < 1.29 is 4.79 Å². The predicted molar refractivity (Wildman–Crippen MR) is 86.7 cm³/mol. The van der Waals surface area contributed by atoms with E-state index < -0.39 is 0 Å². The highest BCUT2D eigenvalue weighted by molar-refractivity contribution is 7.07. The van der Waals surface area contributed by atoms with Crippen LogP contribution in [0.1, 0.15) is 18.9 Å². The number of fused-ring (bicyclic) bond motifs is 1. The lowest BCUT2D eigenvalue weighted by Gasteiger charge is -2.07. The largest absolute Gasteiger partial charge is 0.310 e. The summed E-state index contributed by atoms with van der Waals surface area (Å²) in [4.78, 5) is 16.6. The molecule has 1 amide bonds. The fourth-order valence-electron chi connectivity index (χ4n) is 2.37. The van der Waals surface area contributed by atoms with E-state index in [0.29, 0.717) is 12.4 Å². The molecule has 0 saturated carbocycles. The maximum Gasteiger partial charge on any atom is 0.227 e. The third-order valence-corrected chi connectivity index (χ3v) is 4.17. The van der Waals surface area contributed by atoms with Crippen molar-refractivity contribution in [1.29, 1.82) is 0 Å². The van der Waals surface area contributed by atoms with Crippen LogP contribution in [0.15, 0.2) is 41.1 Å². The van der Waals surface area contributed by atoms with Crippen LogP contribution in [0.4, 0.5) is 5.95 Å². The lowest BCUT2D eigenvalue weighted by Crippen LogP contribution is -2.16. The molecule has 2 aromatic heterocycles. The molecule has 3 rings (SSSR count). The monoisotopic (exact) mass is 299 g/mol. The van der Waals surface area contributed by atoms with E-state index in [1.165, 1.54) is 5.56 Å². The molecule has 0 spiro atoms. The summed E-state index contributed by atoms with van der Waals surface area (Å²) in [5, 5.41) is 7.04. The molecule has 1 N–H and O–H groups in total. The summed E-state index contributed by atoms with van der Waals surface area (Å²) in [7, 11) is 0. The highest BCUT2D eigenvalue weighted by Gasteiger charge is 2.11. The fourth-order valence-corrected chi connectivity index (χ4v) is 3.07. The van der Waals surface area contributed by atoms with Crippen LogP contribution in [-0.2, 0) is 17.8 Å². The second kappa shape index (κ2) is 6.10. The van der Waals surface area contributed by atoms with Crippen molar-refractivity contribution in [3.8, 4) is 0 Å². The van der Waals surface area contributed by atoms with E-state index in [0.717, 1.165) is 24.0 Å². The Morgan fingerprint density at radius 2 is 2.19 bits per heavy atom. The number of carbonyl (C=O) groups is 1. The Hall–Kier alpha value is -2.14. The first-order valence-electron chi connectivity index (χ1n) is 7.04. The van der Waals surface area contributed by atoms with Gasteiger partial charge >= 0.3 is 0 Å². The molecule has 5 heteroatoms. The van der Waals surface area contributed by atoms with Crippen LogP contribution in [0.2, 0.25) is 0 Å². The minimum Gasteiger partial charge on any atom is -0.310 e. The molecule has 0 aliphatic rings. The van der Waals surface area contributed by atoms with Crippen molar-refractivity contribution in [2.75, 3.05) is 5.32 Å². The highest BCUT2D eigenvalue weighted by atomic mass is 32.1. The third-order valence-electron chi connectivity index (χ3n) is 3.44. The molecular formula is C16H17N3OS. The average molecular weight is 299 g/mol. The smallest absolute Gasteiger partial charge is 0.227 e. The first kappa shape index (κ1) is 13.8. The van der Waals surface area contributed by atoms with E-state index in [1.807, 2.05) is 34.2 Å². The molecule has 0 aliphatic heterocycles. The van der Waals surface area contributed by atoms with E-state index in [1.54, 1.807) is 11.3 Å². The van der Waals surface area contributed by atoms with E-state index in [9.17, 15) is 4.79 Å². The number of thiophene rings is 1. The van der Waals surface area contributed by atoms with Crippen molar-refractivity contribution >= 4 is 34.2 Å². The summed E-state index contributed by atoms with van der Waals surface area (Å²) in [6.45, 7) is 2.83. The van der Waals surface area contributed by atoms with Crippen molar-refractivity contribution in [1.82, 2.24) is 9.55 Å². The minimum absolute atomic E-state index is 0.00575. The number of nitrogens with one attached hydrogen (secondary N) is 1. The number of nitrogens with zero attached hydrogens (tertiary/aromatic N) is 2. The number of hydrogen-bond donors (Lipinski definition) is 1. The van der Waals surface area contributed by atoms with E-state index in [-0.39, 0.29) is 5.91 Å². The topological polar surface area (TPSA) is 46.9 Å². The SMILES string of the molecule is CCn1c(NC(=O)CCc2ccsc2)nc2ccccc21. The number of hydrogen-bond acceptors (Lipinski definition) is 3. The first-order chi connectivity index (χ1) is 10.3. The Kier molecular flexibility index (Phi) is 4.01. The van der Waals surface area contributed by atoms with Crippen LogP contribution >= 0.6 is 11.3 Å². The zero-order valence-electron chi connectivity index (χ0n) is 11.9. The lowest BCUT2D eigenvalue weighted by atomic mass is 10.2. The van der Waals surface area contributed by atoms with Gasteiger partial charge in [0.05, 0.1) is 11.0 Å². The van der Waals surface area contributed by atoms with E-state index >= 15 is 0 Å². The van der Waals surface area contributed by atoms with Gasteiger partial charge in [-0.25, -0.2) is 4.98 Å². The number of carbonyl (C=O) groups excluding carboxylic acids is 1. The number of benzene rings is 1. The van der Waals surface area contributed by atoms with Gasteiger partial charge in [0.1, 0.15) is 0 Å². The predicted octanol–water partition coefficient (Wildman–Crippen LogP) is 3.69. The Labute approximate surface area is 127 Å². The molecule has 0 bridgehead atoms. The number of rotatable bonds is 5. The van der Waals surface area contributed by atoms with Gasteiger partial charge < -0.3 is 4.57 Å². The first-order valence-corrected chi connectivity index (χ1v) is 7.98. The normalized spacial score (nSPS) is 10.9.